The number of fused-ring (bicyclic) bond motifs is 5. The van der Waals surface area contributed by atoms with Gasteiger partial charge in [-0.1, -0.05) is 133 Å². The Kier molecular flexibility index (Phi) is 4.90. The lowest BCUT2D eigenvalue weighted by Crippen LogP contribution is -1.99. The molecule has 1 nitrogen and oxygen atoms in total. The van der Waals surface area contributed by atoms with E-state index in [0.29, 0.717) is 0 Å². The van der Waals surface area contributed by atoms with Crippen molar-refractivity contribution in [1.29, 1.82) is 0 Å². The predicted octanol–water partition coefficient (Wildman–Crippen LogP) is 13.2. The molecular formula is C46H26O. The highest BCUT2D eigenvalue weighted by atomic mass is 16.5. The summed E-state index contributed by atoms with van der Waals surface area (Å²) in [5.74, 6) is 1.86. The molecule has 0 aliphatic carbocycles. The molecule has 1 aliphatic rings. The molecule has 0 spiro atoms. The van der Waals surface area contributed by atoms with Gasteiger partial charge >= 0.3 is 0 Å². The van der Waals surface area contributed by atoms with Crippen LogP contribution in [0.3, 0.4) is 0 Å². The zero-order valence-corrected chi connectivity index (χ0v) is 25.4. The van der Waals surface area contributed by atoms with Crippen LogP contribution >= 0.6 is 0 Å². The quantitative estimate of drug-likeness (QED) is 0.181. The molecule has 0 fully saturated rings. The van der Waals surface area contributed by atoms with Crippen molar-refractivity contribution in [3.8, 4) is 44.9 Å². The standard InChI is InChI=1S/C46H26O/c1-4-12-35-27(7-1)17-22-40-38-14-6-13-37-34(23-24-42(45(37)38)47-46(35)40)32-25-31-8-2-3-11-33(31)41(26-32)36-20-18-30-16-15-28-9-5-10-29-19-21-39(36)44(30)43(28)29/h1-26H. The summed E-state index contributed by atoms with van der Waals surface area (Å²) in [4.78, 5) is 0. The Morgan fingerprint density at radius 3 is 1.81 bits per heavy atom. The Bertz CT molecular complexity index is 2910. The smallest absolute Gasteiger partial charge is 0.143 e. The van der Waals surface area contributed by atoms with Crippen LogP contribution in [0.5, 0.6) is 11.5 Å². The SMILES string of the molecule is c1ccc2c(-c3ccc4ccc5cccc6ccc3c4c56)cc(-c3ccc4c5c(cccc35)-c3ccc5ccccc5c3O4)cc2c1. The largest absolute Gasteiger partial charge is 0.455 e. The molecule has 0 unspecified atom stereocenters. The molecule has 0 saturated carbocycles. The lowest BCUT2D eigenvalue weighted by Gasteiger charge is -2.24. The van der Waals surface area contributed by atoms with Gasteiger partial charge in [0.25, 0.3) is 0 Å². The Hall–Kier alpha value is -6.18. The lowest BCUT2D eigenvalue weighted by molar-refractivity contribution is 0.493. The van der Waals surface area contributed by atoms with Crippen molar-refractivity contribution >= 4 is 64.6 Å². The van der Waals surface area contributed by atoms with Gasteiger partial charge in [-0.15, -0.1) is 0 Å². The molecule has 0 aromatic heterocycles. The molecule has 10 aromatic rings. The van der Waals surface area contributed by atoms with Crippen molar-refractivity contribution in [3.05, 3.63) is 158 Å². The average Bonchev–Trinajstić information content (AvgIpc) is 3.13. The van der Waals surface area contributed by atoms with Crippen molar-refractivity contribution in [2.24, 2.45) is 0 Å². The minimum absolute atomic E-state index is 0.913. The van der Waals surface area contributed by atoms with Crippen LogP contribution in [0.25, 0.3) is 98.0 Å². The van der Waals surface area contributed by atoms with Crippen molar-refractivity contribution in [2.75, 3.05) is 0 Å². The second-order valence-corrected chi connectivity index (χ2v) is 12.8. The van der Waals surface area contributed by atoms with Crippen LogP contribution in [0, 0.1) is 0 Å². The van der Waals surface area contributed by atoms with E-state index in [4.69, 9.17) is 4.74 Å². The van der Waals surface area contributed by atoms with Gasteiger partial charge in [0.15, 0.2) is 0 Å². The Morgan fingerprint density at radius 1 is 0.298 bits per heavy atom. The minimum atomic E-state index is 0.913. The summed E-state index contributed by atoms with van der Waals surface area (Å²) in [5.41, 5.74) is 7.30. The highest BCUT2D eigenvalue weighted by Crippen LogP contribution is 2.51. The van der Waals surface area contributed by atoms with Crippen molar-refractivity contribution in [3.63, 3.8) is 0 Å². The normalized spacial score (nSPS) is 12.4. The zero-order valence-electron chi connectivity index (χ0n) is 25.4. The number of ether oxygens (including phenoxy) is 1. The first kappa shape index (κ1) is 25.1. The van der Waals surface area contributed by atoms with Gasteiger partial charge in [-0.25, -0.2) is 0 Å². The maximum Gasteiger partial charge on any atom is 0.143 e. The fourth-order valence-electron chi connectivity index (χ4n) is 8.27. The maximum absolute atomic E-state index is 6.72. The van der Waals surface area contributed by atoms with Gasteiger partial charge in [0, 0.05) is 16.3 Å². The third kappa shape index (κ3) is 3.43. The number of rotatable bonds is 2. The molecule has 0 radical (unpaired) electrons. The molecule has 1 heterocycles. The van der Waals surface area contributed by atoms with Crippen molar-refractivity contribution in [1.82, 2.24) is 0 Å². The second kappa shape index (κ2) is 9.19. The minimum Gasteiger partial charge on any atom is -0.455 e. The molecule has 0 bridgehead atoms. The molecule has 0 N–H and O–H groups in total. The van der Waals surface area contributed by atoms with Gasteiger partial charge in [-0.05, 0) is 106 Å². The van der Waals surface area contributed by atoms with Crippen LogP contribution in [-0.4, -0.2) is 0 Å². The summed E-state index contributed by atoms with van der Waals surface area (Å²) in [6, 6.07) is 57.9. The Morgan fingerprint density at radius 2 is 0.915 bits per heavy atom. The van der Waals surface area contributed by atoms with Gasteiger partial charge in [-0.2, -0.15) is 0 Å². The number of hydrogen-bond acceptors (Lipinski definition) is 1. The molecule has 11 rings (SSSR count). The van der Waals surface area contributed by atoms with Gasteiger partial charge in [0.2, 0.25) is 0 Å². The van der Waals surface area contributed by atoms with E-state index < -0.39 is 0 Å². The van der Waals surface area contributed by atoms with E-state index >= 15 is 0 Å². The lowest BCUT2D eigenvalue weighted by atomic mass is 9.85. The van der Waals surface area contributed by atoms with Gasteiger partial charge in [0.05, 0.1) is 0 Å². The maximum atomic E-state index is 6.72. The van der Waals surface area contributed by atoms with E-state index in [0.717, 1.165) is 22.4 Å². The van der Waals surface area contributed by atoms with E-state index in [1.807, 2.05) is 0 Å². The average molecular weight is 595 g/mol. The summed E-state index contributed by atoms with van der Waals surface area (Å²) >= 11 is 0. The monoisotopic (exact) mass is 594 g/mol. The van der Waals surface area contributed by atoms with E-state index in [2.05, 4.69) is 158 Å². The van der Waals surface area contributed by atoms with Crippen LogP contribution in [0.2, 0.25) is 0 Å². The predicted molar refractivity (Wildman–Crippen MR) is 199 cm³/mol. The molecule has 0 amide bonds. The summed E-state index contributed by atoms with van der Waals surface area (Å²) in [6.07, 6.45) is 0. The topological polar surface area (TPSA) is 9.23 Å². The van der Waals surface area contributed by atoms with Crippen LogP contribution in [-0.2, 0) is 0 Å². The molecular weight excluding hydrogens is 569 g/mol. The third-order valence-corrected chi connectivity index (χ3v) is 10.4. The Labute approximate surface area is 271 Å². The van der Waals surface area contributed by atoms with E-state index in [9.17, 15) is 0 Å². The van der Waals surface area contributed by atoms with E-state index in [1.54, 1.807) is 0 Å². The molecule has 1 aliphatic heterocycles. The first-order valence-electron chi connectivity index (χ1n) is 16.3. The fraction of sp³-hybridized carbons (Fsp3) is 0. The van der Waals surface area contributed by atoms with Crippen molar-refractivity contribution < 1.29 is 4.74 Å². The van der Waals surface area contributed by atoms with Gasteiger partial charge < -0.3 is 4.74 Å². The van der Waals surface area contributed by atoms with Gasteiger partial charge in [-0.3, -0.25) is 0 Å². The summed E-state index contributed by atoms with van der Waals surface area (Å²) in [5, 5.41) is 15.1. The molecule has 1 heteroatoms. The number of benzene rings is 10. The summed E-state index contributed by atoms with van der Waals surface area (Å²) < 4.78 is 6.72. The first-order chi connectivity index (χ1) is 23.3. The van der Waals surface area contributed by atoms with Crippen LogP contribution in [0.15, 0.2) is 158 Å². The highest BCUT2D eigenvalue weighted by molar-refractivity contribution is 6.26. The molecule has 47 heavy (non-hydrogen) atoms. The fourth-order valence-corrected chi connectivity index (χ4v) is 8.27. The molecule has 10 aromatic carbocycles. The Balaban J connectivity index is 1.18. The van der Waals surface area contributed by atoms with Crippen LogP contribution in [0.1, 0.15) is 0 Å². The first-order valence-corrected chi connectivity index (χ1v) is 16.3. The highest BCUT2D eigenvalue weighted by Gasteiger charge is 2.24. The third-order valence-electron chi connectivity index (χ3n) is 10.4. The van der Waals surface area contributed by atoms with Crippen LogP contribution < -0.4 is 4.74 Å². The van der Waals surface area contributed by atoms with Crippen LogP contribution in [0.4, 0.5) is 0 Å². The van der Waals surface area contributed by atoms with E-state index in [1.165, 1.54) is 87.1 Å². The zero-order chi connectivity index (χ0) is 30.6. The molecule has 0 saturated heterocycles. The molecule has 0 atom stereocenters. The summed E-state index contributed by atoms with van der Waals surface area (Å²) in [6.45, 7) is 0. The number of hydrogen-bond donors (Lipinski definition) is 0. The molecule has 216 valence electrons. The summed E-state index contributed by atoms with van der Waals surface area (Å²) in [7, 11) is 0. The second-order valence-electron chi connectivity index (χ2n) is 12.8. The van der Waals surface area contributed by atoms with E-state index in [-0.39, 0.29) is 0 Å². The van der Waals surface area contributed by atoms with Gasteiger partial charge in [0.1, 0.15) is 11.5 Å². The van der Waals surface area contributed by atoms with Crippen molar-refractivity contribution in [2.45, 2.75) is 0 Å².